The van der Waals surface area contributed by atoms with Gasteiger partial charge >= 0.3 is 0 Å². The number of carbonyl (C=O) groups is 2. The van der Waals surface area contributed by atoms with E-state index >= 15 is 0 Å². The zero-order valence-electron chi connectivity index (χ0n) is 20.3. The Kier molecular flexibility index (Phi) is 9.73. The van der Waals surface area contributed by atoms with Crippen molar-refractivity contribution in [2.24, 2.45) is 0 Å². The third kappa shape index (κ3) is 7.33. The van der Waals surface area contributed by atoms with E-state index in [1.54, 1.807) is 26.2 Å². The molecule has 0 aliphatic heterocycles. The van der Waals surface area contributed by atoms with E-state index in [2.05, 4.69) is 21.2 Å². The van der Waals surface area contributed by atoms with Crippen molar-refractivity contribution in [1.82, 2.24) is 10.2 Å². The fourth-order valence-electron chi connectivity index (χ4n) is 3.94. The van der Waals surface area contributed by atoms with Crippen LogP contribution in [0.3, 0.4) is 0 Å². The minimum atomic E-state index is -0.635. The number of methoxy groups -OCH3 is 2. The molecule has 0 saturated carbocycles. The first-order valence-electron chi connectivity index (χ1n) is 11.5. The predicted octanol–water partition coefficient (Wildman–Crippen LogP) is 4.79. The standard InChI is InChI=1S/C28H31BrN2O4/c1-30-28(33)24(17-20-7-5-4-6-8-20)31(19-22-9-13-23(29)14-10-22)27(32)16-12-21-11-15-25(34-2)26(18-21)35-3/h4-11,13-15,18,24H,12,16-17,19H2,1-3H3,(H,30,33)/t24-/m0/s1. The van der Waals surface area contributed by atoms with Gasteiger partial charge in [-0.25, -0.2) is 0 Å². The van der Waals surface area contributed by atoms with Crippen LogP contribution in [0.4, 0.5) is 0 Å². The highest BCUT2D eigenvalue weighted by atomic mass is 79.9. The second-order valence-corrected chi connectivity index (χ2v) is 9.07. The zero-order valence-corrected chi connectivity index (χ0v) is 21.9. The zero-order chi connectivity index (χ0) is 25.2. The van der Waals surface area contributed by atoms with E-state index in [1.807, 2.05) is 72.8 Å². The maximum Gasteiger partial charge on any atom is 0.242 e. The Morgan fingerprint density at radius 2 is 1.54 bits per heavy atom. The van der Waals surface area contributed by atoms with Gasteiger partial charge in [0, 0.05) is 30.9 Å². The molecule has 6 nitrogen and oxygen atoms in total. The first-order valence-corrected chi connectivity index (χ1v) is 12.2. The molecule has 0 radical (unpaired) electrons. The van der Waals surface area contributed by atoms with E-state index in [4.69, 9.17) is 9.47 Å². The Labute approximate surface area is 215 Å². The largest absolute Gasteiger partial charge is 0.493 e. The molecule has 0 aromatic heterocycles. The summed E-state index contributed by atoms with van der Waals surface area (Å²) in [5.41, 5.74) is 2.91. The lowest BCUT2D eigenvalue weighted by atomic mass is 10.0. The van der Waals surface area contributed by atoms with E-state index in [0.29, 0.717) is 30.9 Å². The van der Waals surface area contributed by atoms with Crippen molar-refractivity contribution in [2.75, 3.05) is 21.3 Å². The van der Waals surface area contributed by atoms with Crippen LogP contribution < -0.4 is 14.8 Å². The first kappa shape index (κ1) is 26.3. The third-order valence-electron chi connectivity index (χ3n) is 5.86. The number of halogens is 1. The summed E-state index contributed by atoms with van der Waals surface area (Å²) in [6.07, 6.45) is 1.20. The lowest BCUT2D eigenvalue weighted by molar-refractivity contribution is -0.141. The Bertz CT molecular complexity index is 1120. The number of benzene rings is 3. The molecule has 0 aliphatic carbocycles. The Hall–Kier alpha value is -3.32. The number of carbonyl (C=O) groups excluding carboxylic acids is 2. The monoisotopic (exact) mass is 538 g/mol. The van der Waals surface area contributed by atoms with Gasteiger partial charge in [-0.3, -0.25) is 9.59 Å². The Morgan fingerprint density at radius 1 is 0.886 bits per heavy atom. The molecule has 184 valence electrons. The van der Waals surface area contributed by atoms with E-state index in [0.717, 1.165) is 21.2 Å². The van der Waals surface area contributed by atoms with Crippen molar-refractivity contribution < 1.29 is 19.1 Å². The smallest absolute Gasteiger partial charge is 0.242 e. The first-order chi connectivity index (χ1) is 16.9. The second-order valence-electron chi connectivity index (χ2n) is 8.16. The number of hydrogen-bond donors (Lipinski definition) is 1. The molecule has 0 spiro atoms. The highest BCUT2D eigenvalue weighted by Crippen LogP contribution is 2.28. The fraction of sp³-hybridized carbons (Fsp3) is 0.286. The quantitative estimate of drug-likeness (QED) is 0.381. The van der Waals surface area contributed by atoms with Gasteiger partial charge in [0.25, 0.3) is 0 Å². The van der Waals surface area contributed by atoms with E-state index in [9.17, 15) is 9.59 Å². The van der Waals surface area contributed by atoms with Crippen molar-refractivity contribution in [1.29, 1.82) is 0 Å². The van der Waals surface area contributed by atoms with Gasteiger partial charge in [-0.05, 0) is 47.4 Å². The maximum atomic E-state index is 13.6. The van der Waals surface area contributed by atoms with E-state index in [1.165, 1.54) is 0 Å². The van der Waals surface area contributed by atoms with Crippen LogP contribution in [0.15, 0.2) is 77.3 Å². The maximum absolute atomic E-state index is 13.6. The van der Waals surface area contributed by atoms with Gasteiger partial charge in [-0.15, -0.1) is 0 Å². The number of rotatable bonds is 11. The fourth-order valence-corrected chi connectivity index (χ4v) is 4.20. The van der Waals surface area contributed by atoms with Gasteiger partial charge in [0.2, 0.25) is 11.8 Å². The van der Waals surface area contributed by atoms with Crippen molar-refractivity contribution in [3.63, 3.8) is 0 Å². The number of amides is 2. The molecule has 3 aromatic carbocycles. The van der Waals surface area contributed by atoms with Crippen molar-refractivity contribution in [3.8, 4) is 11.5 Å². The number of ether oxygens (including phenoxy) is 2. The molecule has 2 amide bonds. The van der Waals surface area contributed by atoms with Crippen LogP contribution in [0, 0.1) is 0 Å². The number of nitrogens with one attached hydrogen (secondary N) is 1. The van der Waals surface area contributed by atoms with Crippen molar-refractivity contribution in [3.05, 3.63) is 94.0 Å². The second kappa shape index (κ2) is 13.0. The Balaban J connectivity index is 1.86. The number of nitrogens with zero attached hydrogens (tertiary/aromatic N) is 1. The highest BCUT2D eigenvalue weighted by Gasteiger charge is 2.29. The summed E-state index contributed by atoms with van der Waals surface area (Å²) >= 11 is 3.46. The van der Waals surface area contributed by atoms with Crippen LogP contribution >= 0.6 is 15.9 Å². The highest BCUT2D eigenvalue weighted by molar-refractivity contribution is 9.10. The normalized spacial score (nSPS) is 11.4. The molecule has 3 aromatic rings. The molecule has 0 fully saturated rings. The average Bonchev–Trinajstić information content (AvgIpc) is 2.90. The number of hydrogen-bond acceptors (Lipinski definition) is 4. The van der Waals surface area contributed by atoms with Gasteiger partial charge in [-0.1, -0.05) is 64.5 Å². The summed E-state index contributed by atoms with van der Waals surface area (Å²) < 4.78 is 11.7. The summed E-state index contributed by atoms with van der Waals surface area (Å²) in [7, 11) is 4.78. The van der Waals surface area contributed by atoms with Crippen molar-refractivity contribution in [2.45, 2.75) is 31.8 Å². The van der Waals surface area contributed by atoms with Crippen LogP contribution in [0.2, 0.25) is 0 Å². The van der Waals surface area contributed by atoms with Crippen LogP contribution in [0.5, 0.6) is 11.5 Å². The molecule has 7 heteroatoms. The molecule has 0 aliphatic rings. The number of likely N-dealkylation sites (N-methyl/N-ethyl adjacent to an activating group) is 1. The van der Waals surface area contributed by atoms with Gasteiger partial charge in [0.15, 0.2) is 11.5 Å². The summed E-state index contributed by atoms with van der Waals surface area (Å²) in [5.74, 6) is 0.983. The number of aryl methyl sites for hydroxylation is 1. The van der Waals surface area contributed by atoms with E-state index in [-0.39, 0.29) is 18.2 Å². The molecule has 0 saturated heterocycles. The summed E-state index contributed by atoms with van der Waals surface area (Å²) in [5, 5.41) is 2.75. The van der Waals surface area contributed by atoms with Crippen molar-refractivity contribution >= 4 is 27.7 Å². The van der Waals surface area contributed by atoms with Gasteiger partial charge < -0.3 is 19.7 Å². The molecule has 0 unspecified atom stereocenters. The van der Waals surface area contributed by atoms with Gasteiger partial charge in [-0.2, -0.15) is 0 Å². The third-order valence-corrected chi connectivity index (χ3v) is 6.39. The van der Waals surface area contributed by atoms with Crippen LogP contribution in [0.25, 0.3) is 0 Å². The molecule has 0 bridgehead atoms. The minimum absolute atomic E-state index is 0.0905. The average molecular weight is 539 g/mol. The lowest BCUT2D eigenvalue weighted by Gasteiger charge is -2.31. The SMILES string of the molecule is CNC(=O)[C@H](Cc1ccccc1)N(Cc1ccc(Br)cc1)C(=O)CCc1ccc(OC)c(OC)c1. The summed E-state index contributed by atoms with van der Waals surface area (Å²) in [6, 6.07) is 22.6. The molecular formula is C28H31BrN2O4. The summed E-state index contributed by atoms with van der Waals surface area (Å²) in [6.45, 7) is 0.336. The molecule has 0 heterocycles. The van der Waals surface area contributed by atoms with Crippen LogP contribution in [-0.4, -0.2) is 44.0 Å². The van der Waals surface area contributed by atoms with Crippen LogP contribution in [0.1, 0.15) is 23.1 Å². The lowest BCUT2D eigenvalue weighted by Crippen LogP contribution is -2.49. The topological polar surface area (TPSA) is 67.9 Å². The van der Waals surface area contributed by atoms with Gasteiger partial charge in [0.05, 0.1) is 14.2 Å². The van der Waals surface area contributed by atoms with Gasteiger partial charge in [0.1, 0.15) is 6.04 Å². The Morgan fingerprint density at radius 3 is 2.17 bits per heavy atom. The molecule has 3 rings (SSSR count). The molecule has 1 atom stereocenters. The van der Waals surface area contributed by atoms with E-state index < -0.39 is 6.04 Å². The molecule has 1 N–H and O–H groups in total. The molecule has 35 heavy (non-hydrogen) atoms. The predicted molar refractivity (Wildman–Crippen MR) is 141 cm³/mol. The summed E-state index contributed by atoms with van der Waals surface area (Å²) in [4.78, 5) is 28.3. The van der Waals surface area contributed by atoms with Crippen LogP contribution in [-0.2, 0) is 29.0 Å². The molecular weight excluding hydrogens is 508 g/mol. The minimum Gasteiger partial charge on any atom is -0.493 e.